The molecule has 0 bridgehead atoms. The Morgan fingerprint density at radius 3 is 2.66 bits per heavy atom. The van der Waals surface area contributed by atoms with Crippen molar-refractivity contribution in [1.82, 2.24) is 4.90 Å². The number of amidine groups is 1. The zero-order valence-corrected chi connectivity index (χ0v) is 20.3. The summed E-state index contributed by atoms with van der Waals surface area (Å²) in [5, 5.41) is 12.0. The van der Waals surface area contributed by atoms with Crippen molar-refractivity contribution in [3.05, 3.63) is 63.5 Å². The molecule has 0 radical (unpaired) electrons. The predicted octanol–water partition coefficient (Wildman–Crippen LogP) is 6.57. The van der Waals surface area contributed by atoms with Crippen molar-refractivity contribution in [2.75, 3.05) is 14.2 Å². The van der Waals surface area contributed by atoms with Gasteiger partial charge in [0.2, 0.25) is 0 Å². The Balaban J connectivity index is 1.64. The topological polar surface area (TPSA) is 71.4 Å². The van der Waals surface area contributed by atoms with E-state index >= 15 is 0 Å². The van der Waals surface area contributed by atoms with Crippen molar-refractivity contribution in [2.45, 2.75) is 31.8 Å². The maximum absolute atomic E-state index is 13.0. The third-order valence-corrected chi connectivity index (χ3v) is 9.25. The Bertz CT molecular complexity index is 1250. The summed E-state index contributed by atoms with van der Waals surface area (Å²) in [5.41, 5.74) is 2.16. The van der Waals surface area contributed by atoms with Gasteiger partial charge in [-0.25, -0.2) is 4.57 Å². The number of benzene rings is 2. The molecular weight excluding hydrogens is 467 g/mol. The minimum atomic E-state index is -3.62. The van der Waals surface area contributed by atoms with E-state index < -0.39 is 7.75 Å². The number of rotatable bonds is 6. The number of nitrogens with zero attached hydrogens (tertiary/aromatic N) is 2. The van der Waals surface area contributed by atoms with E-state index in [2.05, 4.69) is 15.7 Å². The molecule has 6 nitrogen and oxygen atoms in total. The van der Waals surface area contributed by atoms with Gasteiger partial charge in [-0.3, -0.25) is 9.05 Å². The molecule has 32 heavy (non-hydrogen) atoms. The number of halogens is 1. The lowest BCUT2D eigenvalue weighted by Gasteiger charge is -2.40. The van der Waals surface area contributed by atoms with Crippen LogP contribution in [0.5, 0.6) is 5.75 Å². The van der Waals surface area contributed by atoms with Crippen LogP contribution in [0.25, 0.3) is 10.1 Å². The maximum atomic E-state index is 13.0. The summed E-state index contributed by atoms with van der Waals surface area (Å²) < 4.78 is 28.9. The van der Waals surface area contributed by atoms with Crippen LogP contribution in [-0.2, 0) is 26.6 Å². The van der Waals surface area contributed by atoms with Gasteiger partial charge in [0, 0.05) is 35.6 Å². The van der Waals surface area contributed by atoms with Gasteiger partial charge in [0.25, 0.3) is 0 Å². The molecule has 1 atom stereocenters. The summed E-state index contributed by atoms with van der Waals surface area (Å²) in [6.45, 7) is 0.528. The van der Waals surface area contributed by atoms with Crippen LogP contribution < -0.4 is 0 Å². The molecule has 168 valence electrons. The van der Waals surface area contributed by atoms with E-state index in [1.807, 2.05) is 30.3 Å². The monoisotopic (exact) mass is 490 g/mol. The van der Waals surface area contributed by atoms with Gasteiger partial charge in [-0.1, -0.05) is 35.9 Å². The Morgan fingerprint density at radius 2 is 1.97 bits per heavy atom. The van der Waals surface area contributed by atoms with Gasteiger partial charge in [-0.2, -0.15) is 4.76 Å². The highest BCUT2D eigenvalue weighted by Crippen LogP contribution is 2.53. The largest absolute Gasteiger partial charge is 0.508 e. The molecule has 3 aromatic rings. The smallest absolute Gasteiger partial charge is 0.454 e. The van der Waals surface area contributed by atoms with E-state index in [-0.39, 0.29) is 11.8 Å². The van der Waals surface area contributed by atoms with E-state index in [0.29, 0.717) is 24.7 Å². The predicted molar refractivity (Wildman–Crippen MR) is 129 cm³/mol. The van der Waals surface area contributed by atoms with Gasteiger partial charge in [0.05, 0.1) is 17.6 Å². The fourth-order valence-corrected chi connectivity index (χ4v) is 6.71. The minimum absolute atomic E-state index is 0.00745. The first-order valence-corrected chi connectivity index (χ1v) is 13.2. The second kappa shape index (κ2) is 8.47. The van der Waals surface area contributed by atoms with Crippen molar-refractivity contribution < 1.29 is 18.7 Å². The van der Waals surface area contributed by atoms with Crippen molar-refractivity contribution in [2.24, 2.45) is 10.7 Å². The summed E-state index contributed by atoms with van der Waals surface area (Å²) in [4.78, 5) is 3.21. The first-order chi connectivity index (χ1) is 15.4. The Kier molecular flexibility index (Phi) is 5.81. The lowest BCUT2D eigenvalue weighted by atomic mass is 9.88. The molecule has 2 heterocycles. The van der Waals surface area contributed by atoms with Gasteiger partial charge in [-0.05, 0) is 48.1 Å². The number of hydrogen-bond donors (Lipinski definition) is 1. The lowest BCUT2D eigenvalue weighted by molar-refractivity contribution is 0.258. The highest BCUT2D eigenvalue weighted by molar-refractivity contribution is 7.52. The lowest BCUT2D eigenvalue weighted by Crippen LogP contribution is -2.41. The van der Waals surface area contributed by atoms with Crippen LogP contribution in [0.2, 0.25) is 5.02 Å². The number of aromatic hydroxyl groups is 1. The molecule has 5 rings (SSSR count). The summed E-state index contributed by atoms with van der Waals surface area (Å²) in [6.07, 6.45) is 2.66. The summed E-state index contributed by atoms with van der Waals surface area (Å²) in [6, 6.07) is 13.5. The number of thiophene rings is 1. The minimum Gasteiger partial charge on any atom is -0.508 e. The Labute approximate surface area is 196 Å². The highest BCUT2D eigenvalue weighted by Gasteiger charge is 2.43. The van der Waals surface area contributed by atoms with Crippen LogP contribution in [0.15, 0.2) is 47.2 Å². The zero-order valence-electron chi connectivity index (χ0n) is 17.8. The van der Waals surface area contributed by atoms with Gasteiger partial charge in [0.1, 0.15) is 11.6 Å². The molecule has 2 aromatic carbocycles. The number of phenols is 1. The first-order valence-electron chi connectivity index (χ1n) is 10.5. The van der Waals surface area contributed by atoms with E-state index in [1.165, 1.54) is 14.2 Å². The molecule has 0 spiro atoms. The fourth-order valence-electron chi connectivity index (χ4n) is 4.44. The number of fused-ring (bicyclic) bond motifs is 2. The van der Waals surface area contributed by atoms with Crippen molar-refractivity contribution in [3.63, 3.8) is 0 Å². The quantitative estimate of drug-likeness (QED) is 0.396. The highest BCUT2D eigenvalue weighted by atomic mass is 35.5. The van der Waals surface area contributed by atoms with E-state index in [4.69, 9.17) is 20.6 Å². The molecule has 9 heteroatoms. The molecule has 1 unspecified atom stereocenters. The van der Waals surface area contributed by atoms with Crippen LogP contribution in [0, 0.1) is 5.92 Å². The molecule has 1 fully saturated rings. The molecule has 1 aliphatic carbocycles. The summed E-state index contributed by atoms with van der Waals surface area (Å²) in [5.74, 6) is 1.33. The Morgan fingerprint density at radius 1 is 1.22 bits per heavy atom. The fraction of sp³-hybridized carbons (Fsp3) is 0.348. The van der Waals surface area contributed by atoms with Crippen molar-refractivity contribution >= 4 is 46.6 Å². The Hall–Kier alpha value is -1.89. The van der Waals surface area contributed by atoms with Crippen molar-refractivity contribution in [3.8, 4) is 5.75 Å². The molecular formula is C23H24ClN2O4PS. The normalized spacial score (nSPS) is 20.2. The van der Waals surface area contributed by atoms with E-state index in [9.17, 15) is 9.67 Å². The van der Waals surface area contributed by atoms with Gasteiger partial charge >= 0.3 is 7.75 Å². The second-order valence-electron chi connectivity index (χ2n) is 8.16. The average Bonchev–Trinajstić information content (AvgIpc) is 3.59. The van der Waals surface area contributed by atoms with Crippen LogP contribution in [0.4, 0.5) is 0 Å². The average molecular weight is 491 g/mol. The van der Waals surface area contributed by atoms with Crippen LogP contribution in [-0.4, -0.2) is 30.1 Å². The molecule has 0 saturated heterocycles. The van der Waals surface area contributed by atoms with Gasteiger partial charge < -0.3 is 10.0 Å². The molecule has 2 aliphatic rings. The van der Waals surface area contributed by atoms with E-state index in [1.54, 1.807) is 17.4 Å². The summed E-state index contributed by atoms with van der Waals surface area (Å²) in [7, 11) is -0.938. The van der Waals surface area contributed by atoms with Gasteiger partial charge in [0.15, 0.2) is 0 Å². The van der Waals surface area contributed by atoms with Crippen LogP contribution >= 0.6 is 30.7 Å². The molecule has 1 aliphatic heterocycles. The third kappa shape index (κ3) is 3.97. The first kappa shape index (κ1) is 21.9. The third-order valence-electron chi connectivity index (χ3n) is 6.15. The maximum Gasteiger partial charge on any atom is 0.454 e. The number of hydrogen-bond acceptors (Lipinski definition) is 5. The SMILES string of the molecule is COP(=O)(/N=C1/Cc2ccc(O)cc2C(C2CC2)N1Cc1sc2ccccc2c1Cl)OC. The second-order valence-corrected chi connectivity index (χ2v) is 11.5. The molecule has 1 N–H and O–H groups in total. The van der Waals surface area contributed by atoms with Crippen molar-refractivity contribution in [1.29, 1.82) is 0 Å². The molecule has 1 saturated carbocycles. The standard InChI is InChI=1S/C23H24ClN2O4PS/c1-29-31(28,30-2)25-21-11-15-9-10-16(27)12-18(15)23(14-7-8-14)26(21)13-20-22(24)17-5-3-4-6-19(17)32-20/h3-6,9-10,12,14,23,27H,7-8,11,13H2,1-2H3/b25-21-. The molecule has 0 amide bonds. The van der Waals surface area contributed by atoms with Crippen LogP contribution in [0.1, 0.15) is 34.9 Å². The summed E-state index contributed by atoms with van der Waals surface area (Å²) >= 11 is 8.44. The zero-order chi connectivity index (χ0) is 22.5. The number of phenolic OH excluding ortho intramolecular Hbond substituents is 1. The van der Waals surface area contributed by atoms with Gasteiger partial charge in [-0.15, -0.1) is 11.3 Å². The van der Waals surface area contributed by atoms with Crippen LogP contribution in [0.3, 0.4) is 0 Å². The molecule has 1 aromatic heterocycles. The van der Waals surface area contributed by atoms with E-state index in [0.717, 1.165) is 44.0 Å².